The van der Waals surface area contributed by atoms with E-state index in [1.54, 1.807) is 11.3 Å². The second kappa shape index (κ2) is 7.07. The van der Waals surface area contributed by atoms with E-state index in [1.165, 1.54) is 5.56 Å². The Labute approximate surface area is 130 Å². The summed E-state index contributed by atoms with van der Waals surface area (Å²) >= 11 is 1.67. The van der Waals surface area contributed by atoms with Crippen LogP contribution in [0.1, 0.15) is 39.2 Å². The van der Waals surface area contributed by atoms with E-state index in [9.17, 15) is 9.59 Å². The molecular formula is C16H24N2O2S. The van der Waals surface area contributed by atoms with Crippen molar-refractivity contribution in [2.75, 3.05) is 6.54 Å². The molecule has 1 saturated heterocycles. The average Bonchev–Trinajstić information content (AvgIpc) is 2.85. The lowest BCUT2D eigenvalue weighted by molar-refractivity contribution is -0.135. The summed E-state index contributed by atoms with van der Waals surface area (Å²) in [6.45, 7) is 6.73. The molecule has 0 radical (unpaired) electrons. The fourth-order valence-corrected chi connectivity index (χ4v) is 3.47. The summed E-state index contributed by atoms with van der Waals surface area (Å²) in [5, 5.41) is 7.05. The van der Waals surface area contributed by atoms with Crippen molar-refractivity contribution >= 4 is 23.2 Å². The Kier molecular flexibility index (Phi) is 5.39. The van der Waals surface area contributed by atoms with Crippen LogP contribution in [0.15, 0.2) is 16.8 Å². The summed E-state index contributed by atoms with van der Waals surface area (Å²) in [4.78, 5) is 26.4. The van der Waals surface area contributed by atoms with Crippen LogP contribution in [0.25, 0.3) is 0 Å². The molecule has 1 fully saturated rings. The average molecular weight is 308 g/mol. The first-order valence-corrected chi connectivity index (χ1v) is 8.52. The minimum atomic E-state index is -0.370. The molecule has 21 heavy (non-hydrogen) atoms. The zero-order valence-electron chi connectivity index (χ0n) is 13.0. The second-order valence-electron chi connectivity index (χ2n) is 6.22. The number of rotatable bonds is 5. The quantitative estimate of drug-likeness (QED) is 0.908. The van der Waals surface area contributed by atoms with Gasteiger partial charge >= 0.3 is 0 Å². The Balaban J connectivity index is 2.09. The lowest BCUT2D eigenvalue weighted by atomic mass is 10.0. The van der Waals surface area contributed by atoms with Crippen molar-refractivity contribution in [2.45, 2.75) is 52.1 Å². The minimum absolute atomic E-state index is 0.0146. The van der Waals surface area contributed by atoms with E-state index < -0.39 is 0 Å². The van der Waals surface area contributed by atoms with Gasteiger partial charge in [-0.2, -0.15) is 11.3 Å². The van der Waals surface area contributed by atoms with E-state index in [4.69, 9.17) is 0 Å². The van der Waals surface area contributed by atoms with Gasteiger partial charge in [0.05, 0.1) is 0 Å². The third-order valence-electron chi connectivity index (χ3n) is 3.85. The summed E-state index contributed by atoms with van der Waals surface area (Å²) < 4.78 is 0. The van der Waals surface area contributed by atoms with Gasteiger partial charge in [-0.25, -0.2) is 0 Å². The van der Waals surface area contributed by atoms with E-state index in [1.807, 2.05) is 4.90 Å². The second-order valence-corrected chi connectivity index (χ2v) is 7.00. The van der Waals surface area contributed by atoms with Crippen LogP contribution in [-0.2, 0) is 16.0 Å². The normalized spacial score (nSPS) is 21.3. The Morgan fingerprint density at radius 2 is 2.14 bits per heavy atom. The highest BCUT2D eigenvalue weighted by Gasteiger charge is 2.32. The molecule has 2 unspecified atom stereocenters. The van der Waals surface area contributed by atoms with Crippen LogP contribution in [0, 0.1) is 5.92 Å². The first-order valence-electron chi connectivity index (χ1n) is 7.58. The molecule has 2 amide bonds. The highest BCUT2D eigenvalue weighted by molar-refractivity contribution is 7.07. The third-order valence-corrected chi connectivity index (χ3v) is 4.58. The molecule has 0 spiro atoms. The van der Waals surface area contributed by atoms with Crippen LogP contribution in [0.4, 0.5) is 0 Å². The van der Waals surface area contributed by atoms with Crippen LogP contribution in [0.2, 0.25) is 0 Å². The fraction of sp³-hybridized carbons (Fsp3) is 0.625. The molecule has 116 valence electrons. The number of hydrogen-bond donors (Lipinski definition) is 1. The van der Waals surface area contributed by atoms with E-state index in [2.05, 4.69) is 42.9 Å². The van der Waals surface area contributed by atoms with Crippen LogP contribution < -0.4 is 5.32 Å². The van der Waals surface area contributed by atoms with Crippen LogP contribution in [0.5, 0.6) is 0 Å². The molecule has 0 bridgehead atoms. The minimum Gasteiger partial charge on any atom is -0.344 e. The Hall–Kier alpha value is -1.36. The number of nitrogens with one attached hydrogen (secondary N) is 1. The molecular weight excluding hydrogens is 284 g/mol. The molecule has 1 N–H and O–H groups in total. The summed E-state index contributed by atoms with van der Waals surface area (Å²) in [5.41, 5.74) is 1.25. The SMILES string of the molecule is CC(C)CC1NC(=O)CCN(C(C)Cc2ccsc2)C1=O. The van der Waals surface area contributed by atoms with Crippen LogP contribution in [0.3, 0.4) is 0 Å². The van der Waals surface area contributed by atoms with E-state index in [0.717, 1.165) is 6.42 Å². The first-order chi connectivity index (χ1) is 9.97. The van der Waals surface area contributed by atoms with E-state index in [-0.39, 0.29) is 23.9 Å². The molecule has 1 aliphatic heterocycles. The number of hydrogen-bond acceptors (Lipinski definition) is 3. The van der Waals surface area contributed by atoms with E-state index in [0.29, 0.717) is 25.3 Å². The number of nitrogens with zero attached hydrogens (tertiary/aromatic N) is 1. The van der Waals surface area contributed by atoms with Gasteiger partial charge in [0.2, 0.25) is 11.8 Å². The molecule has 2 atom stereocenters. The van der Waals surface area contributed by atoms with Gasteiger partial charge in [-0.05, 0) is 48.1 Å². The number of carbonyl (C=O) groups excluding carboxylic acids is 2. The smallest absolute Gasteiger partial charge is 0.245 e. The maximum Gasteiger partial charge on any atom is 0.245 e. The largest absolute Gasteiger partial charge is 0.344 e. The zero-order valence-corrected chi connectivity index (χ0v) is 13.8. The molecule has 1 aromatic rings. The van der Waals surface area contributed by atoms with Crippen molar-refractivity contribution in [2.24, 2.45) is 5.92 Å². The van der Waals surface area contributed by atoms with Gasteiger partial charge in [0.1, 0.15) is 6.04 Å². The third kappa shape index (κ3) is 4.30. The van der Waals surface area contributed by atoms with Crippen LogP contribution >= 0.6 is 11.3 Å². The molecule has 4 nitrogen and oxygen atoms in total. The highest BCUT2D eigenvalue weighted by Crippen LogP contribution is 2.17. The van der Waals surface area contributed by atoms with Crippen molar-refractivity contribution in [3.63, 3.8) is 0 Å². The summed E-state index contributed by atoms with van der Waals surface area (Å²) in [6, 6.07) is 1.85. The maximum absolute atomic E-state index is 12.7. The highest BCUT2D eigenvalue weighted by atomic mass is 32.1. The molecule has 0 aromatic carbocycles. The molecule has 1 aromatic heterocycles. The van der Waals surface area contributed by atoms with Gasteiger partial charge < -0.3 is 10.2 Å². The summed E-state index contributed by atoms with van der Waals surface area (Å²) in [6.07, 6.45) is 1.94. The van der Waals surface area contributed by atoms with Crippen molar-refractivity contribution in [3.05, 3.63) is 22.4 Å². The molecule has 5 heteroatoms. The summed E-state index contributed by atoms with van der Waals surface area (Å²) in [5.74, 6) is 0.433. The molecule has 1 aliphatic rings. The van der Waals surface area contributed by atoms with E-state index >= 15 is 0 Å². The van der Waals surface area contributed by atoms with Crippen molar-refractivity contribution in [1.82, 2.24) is 10.2 Å². The van der Waals surface area contributed by atoms with Gasteiger partial charge in [0, 0.05) is 19.0 Å². The maximum atomic E-state index is 12.7. The zero-order chi connectivity index (χ0) is 15.4. The lowest BCUT2D eigenvalue weighted by Crippen LogP contribution is -2.48. The number of carbonyl (C=O) groups is 2. The van der Waals surface area contributed by atoms with Crippen molar-refractivity contribution < 1.29 is 9.59 Å². The van der Waals surface area contributed by atoms with Crippen molar-refractivity contribution in [3.8, 4) is 0 Å². The monoisotopic (exact) mass is 308 g/mol. The fourth-order valence-electron chi connectivity index (χ4n) is 2.79. The van der Waals surface area contributed by atoms with Crippen molar-refractivity contribution in [1.29, 1.82) is 0 Å². The molecule has 2 heterocycles. The Bertz CT molecular complexity index is 484. The number of thiophene rings is 1. The predicted octanol–water partition coefficient (Wildman–Crippen LogP) is 2.44. The van der Waals surface area contributed by atoms with Gasteiger partial charge in [0.15, 0.2) is 0 Å². The molecule has 0 aliphatic carbocycles. The van der Waals surface area contributed by atoms with Gasteiger partial charge in [0.25, 0.3) is 0 Å². The summed E-state index contributed by atoms with van der Waals surface area (Å²) in [7, 11) is 0. The standard InChI is InChI=1S/C16H24N2O2S/c1-11(2)8-14-16(20)18(6-4-15(19)17-14)12(3)9-13-5-7-21-10-13/h5,7,10-12,14H,4,6,8-9H2,1-3H3,(H,17,19). The Morgan fingerprint density at radius 3 is 2.76 bits per heavy atom. The Morgan fingerprint density at radius 1 is 1.38 bits per heavy atom. The van der Waals surface area contributed by atoms with Crippen LogP contribution in [-0.4, -0.2) is 35.3 Å². The van der Waals surface area contributed by atoms with Gasteiger partial charge in [-0.3, -0.25) is 9.59 Å². The predicted molar refractivity (Wildman–Crippen MR) is 85.2 cm³/mol. The molecule has 2 rings (SSSR count). The van der Waals surface area contributed by atoms with Gasteiger partial charge in [-0.15, -0.1) is 0 Å². The van der Waals surface area contributed by atoms with Gasteiger partial charge in [-0.1, -0.05) is 13.8 Å². The number of amides is 2. The first kappa shape index (κ1) is 16.0. The molecule has 0 saturated carbocycles. The topological polar surface area (TPSA) is 49.4 Å². The lowest BCUT2D eigenvalue weighted by Gasteiger charge is -2.30.